The first-order valence-electron chi connectivity index (χ1n) is 9.31. The molecule has 1 aliphatic rings. The largest absolute Gasteiger partial charge is 0.416 e. The van der Waals surface area contributed by atoms with E-state index in [2.05, 4.69) is 15.3 Å². The van der Waals surface area contributed by atoms with Crippen molar-refractivity contribution >= 4 is 39.4 Å². The van der Waals surface area contributed by atoms with Crippen molar-refractivity contribution in [2.75, 3.05) is 23.3 Å². The van der Waals surface area contributed by atoms with Crippen LogP contribution in [0.4, 0.5) is 24.0 Å². The Morgan fingerprint density at radius 3 is 2.50 bits per heavy atom. The quantitative estimate of drug-likeness (QED) is 0.566. The van der Waals surface area contributed by atoms with Crippen molar-refractivity contribution in [1.82, 2.24) is 9.97 Å². The van der Waals surface area contributed by atoms with E-state index in [-0.39, 0.29) is 11.8 Å². The SMILES string of the molecule is Cc1nc(C)c(-c2csc(NC(=O)CC3CN(c4ccc(C(F)(F)F)cc4)C3)n2)s1. The predicted octanol–water partition coefficient (Wildman–Crippen LogP) is 5.37. The van der Waals surface area contributed by atoms with Gasteiger partial charge >= 0.3 is 6.18 Å². The molecule has 1 saturated heterocycles. The Labute approximate surface area is 179 Å². The van der Waals surface area contributed by atoms with Gasteiger partial charge in [-0.1, -0.05) is 0 Å². The van der Waals surface area contributed by atoms with E-state index in [4.69, 9.17) is 0 Å². The number of hydrogen-bond donors (Lipinski definition) is 1. The number of amides is 1. The number of aromatic nitrogens is 2. The molecule has 1 amide bonds. The van der Waals surface area contributed by atoms with Crippen molar-refractivity contribution < 1.29 is 18.0 Å². The van der Waals surface area contributed by atoms with Gasteiger partial charge in [0, 0.05) is 36.5 Å². The molecule has 0 unspecified atom stereocenters. The van der Waals surface area contributed by atoms with Gasteiger partial charge in [0.1, 0.15) is 0 Å². The number of alkyl halides is 3. The fourth-order valence-electron chi connectivity index (χ4n) is 3.41. The maximum Gasteiger partial charge on any atom is 0.416 e. The molecule has 3 heterocycles. The van der Waals surface area contributed by atoms with Crippen molar-refractivity contribution in [3.8, 4) is 10.6 Å². The zero-order chi connectivity index (χ0) is 21.5. The third kappa shape index (κ3) is 4.49. The first-order valence-corrected chi connectivity index (χ1v) is 11.0. The highest BCUT2D eigenvalue weighted by molar-refractivity contribution is 7.16. The molecule has 0 saturated carbocycles. The summed E-state index contributed by atoms with van der Waals surface area (Å²) < 4.78 is 38.0. The zero-order valence-corrected chi connectivity index (χ0v) is 17.9. The molecule has 3 aromatic rings. The molecule has 1 N–H and O–H groups in total. The second kappa shape index (κ2) is 7.99. The number of hydrogen-bond acceptors (Lipinski definition) is 6. The minimum Gasteiger partial charge on any atom is -0.371 e. The van der Waals surface area contributed by atoms with Gasteiger partial charge in [-0.15, -0.1) is 22.7 Å². The monoisotopic (exact) mass is 452 g/mol. The Bertz CT molecular complexity index is 1050. The number of nitrogens with zero attached hydrogens (tertiary/aromatic N) is 3. The minimum atomic E-state index is -4.33. The highest BCUT2D eigenvalue weighted by Gasteiger charge is 2.32. The maximum absolute atomic E-state index is 12.7. The highest BCUT2D eigenvalue weighted by atomic mass is 32.1. The Hall–Kier alpha value is -2.46. The van der Waals surface area contributed by atoms with Crippen LogP contribution in [0.1, 0.15) is 22.7 Å². The second-order valence-electron chi connectivity index (χ2n) is 7.25. The summed E-state index contributed by atoms with van der Waals surface area (Å²) >= 11 is 2.95. The van der Waals surface area contributed by atoms with E-state index in [1.807, 2.05) is 24.1 Å². The van der Waals surface area contributed by atoms with Gasteiger partial charge in [-0.3, -0.25) is 4.79 Å². The summed E-state index contributed by atoms with van der Waals surface area (Å²) in [4.78, 5) is 24.2. The van der Waals surface area contributed by atoms with Crippen LogP contribution in [0.5, 0.6) is 0 Å². The third-order valence-electron chi connectivity index (χ3n) is 4.88. The number of rotatable bonds is 5. The van der Waals surface area contributed by atoms with Crippen LogP contribution in [0.2, 0.25) is 0 Å². The summed E-state index contributed by atoms with van der Waals surface area (Å²) in [5.74, 6) is 0.0586. The van der Waals surface area contributed by atoms with E-state index in [0.29, 0.717) is 24.6 Å². The van der Waals surface area contributed by atoms with E-state index in [1.165, 1.54) is 23.5 Å². The summed E-state index contributed by atoms with van der Waals surface area (Å²) in [7, 11) is 0. The summed E-state index contributed by atoms with van der Waals surface area (Å²) in [5.41, 5.74) is 1.82. The van der Waals surface area contributed by atoms with Gasteiger partial charge in [-0.05, 0) is 38.1 Å². The fraction of sp³-hybridized carbons (Fsp3) is 0.350. The van der Waals surface area contributed by atoms with Crippen molar-refractivity contribution in [3.63, 3.8) is 0 Å². The van der Waals surface area contributed by atoms with Crippen LogP contribution in [-0.2, 0) is 11.0 Å². The summed E-state index contributed by atoms with van der Waals surface area (Å²) in [6.07, 6.45) is -3.98. The number of anilines is 2. The van der Waals surface area contributed by atoms with E-state index >= 15 is 0 Å². The Kier molecular flexibility index (Phi) is 5.54. The number of aryl methyl sites for hydroxylation is 2. The first-order chi connectivity index (χ1) is 14.2. The number of benzene rings is 1. The molecule has 10 heteroatoms. The molecule has 5 nitrogen and oxygen atoms in total. The standard InChI is InChI=1S/C20H19F3N4OS2/c1-11-18(30-12(2)24-11)16-10-29-19(25-16)26-17(28)7-13-8-27(9-13)15-5-3-14(4-6-15)20(21,22)23/h3-6,10,13H,7-9H2,1-2H3,(H,25,26,28). The molecular weight excluding hydrogens is 433 g/mol. The number of carbonyl (C=O) groups excluding carboxylic acids is 1. The summed E-state index contributed by atoms with van der Waals surface area (Å²) in [6.45, 7) is 5.17. The smallest absolute Gasteiger partial charge is 0.371 e. The van der Waals surface area contributed by atoms with Gasteiger partial charge in [0.25, 0.3) is 0 Å². The lowest BCUT2D eigenvalue weighted by atomic mass is 9.95. The molecule has 158 valence electrons. The summed E-state index contributed by atoms with van der Waals surface area (Å²) in [5, 5.41) is 6.28. The normalized spacial score (nSPS) is 14.6. The molecule has 4 rings (SSSR count). The lowest BCUT2D eigenvalue weighted by Crippen LogP contribution is -2.48. The van der Waals surface area contributed by atoms with Crippen LogP contribution < -0.4 is 10.2 Å². The van der Waals surface area contributed by atoms with Crippen molar-refractivity contribution in [2.24, 2.45) is 5.92 Å². The van der Waals surface area contributed by atoms with Gasteiger partial charge in [-0.2, -0.15) is 13.2 Å². The molecule has 1 aliphatic heterocycles. The van der Waals surface area contributed by atoms with Gasteiger partial charge in [0.15, 0.2) is 5.13 Å². The average Bonchev–Trinajstić information content (AvgIpc) is 3.22. The van der Waals surface area contributed by atoms with E-state index in [9.17, 15) is 18.0 Å². The van der Waals surface area contributed by atoms with Gasteiger partial charge in [0.2, 0.25) is 5.91 Å². The lowest BCUT2D eigenvalue weighted by molar-refractivity contribution is -0.137. The Morgan fingerprint density at radius 2 is 1.90 bits per heavy atom. The first kappa shape index (κ1) is 20.8. The average molecular weight is 453 g/mol. The zero-order valence-electron chi connectivity index (χ0n) is 16.3. The maximum atomic E-state index is 12.7. The number of halogens is 3. The van der Waals surface area contributed by atoms with Gasteiger partial charge in [-0.25, -0.2) is 9.97 Å². The molecule has 0 radical (unpaired) electrons. The number of carbonyl (C=O) groups is 1. The van der Waals surface area contributed by atoms with E-state index in [1.54, 1.807) is 11.3 Å². The Morgan fingerprint density at radius 1 is 1.20 bits per heavy atom. The molecule has 0 aliphatic carbocycles. The molecule has 1 aromatic carbocycles. The summed E-state index contributed by atoms with van der Waals surface area (Å²) in [6, 6.07) is 5.11. The Balaban J connectivity index is 1.28. The molecular formula is C20H19F3N4OS2. The topological polar surface area (TPSA) is 58.1 Å². The molecule has 30 heavy (non-hydrogen) atoms. The molecule has 0 spiro atoms. The van der Waals surface area contributed by atoms with Gasteiger partial charge < -0.3 is 10.2 Å². The van der Waals surface area contributed by atoms with Crippen LogP contribution in [0.25, 0.3) is 10.6 Å². The molecule has 0 atom stereocenters. The van der Waals surface area contributed by atoms with Crippen LogP contribution in [0.3, 0.4) is 0 Å². The van der Waals surface area contributed by atoms with Crippen molar-refractivity contribution in [1.29, 1.82) is 0 Å². The minimum absolute atomic E-state index is 0.106. The van der Waals surface area contributed by atoms with E-state index in [0.717, 1.165) is 39.1 Å². The predicted molar refractivity (Wildman–Crippen MR) is 113 cm³/mol. The number of nitrogens with one attached hydrogen (secondary N) is 1. The number of thiazole rings is 2. The van der Waals surface area contributed by atoms with Gasteiger partial charge in [0.05, 0.1) is 26.8 Å². The molecule has 0 bridgehead atoms. The second-order valence-corrected chi connectivity index (χ2v) is 9.31. The fourth-order valence-corrected chi connectivity index (χ4v) is 5.08. The van der Waals surface area contributed by atoms with Crippen LogP contribution in [0, 0.1) is 19.8 Å². The molecule has 1 fully saturated rings. The molecule has 2 aromatic heterocycles. The van der Waals surface area contributed by atoms with Crippen LogP contribution in [-0.4, -0.2) is 29.0 Å². The lowest BCUT2D eigenvalue weighted by Gasteiger charge is -2.41. The third-order valence-corrected chi connectivity index (χ3v) is 6.73. The van der Waals surface area contributed by atoms with Crippen LogP contribution >= 0.6 is 22.7 Å². The highest BCUT2D eigenvalue weighted by Crippen LogP contribution is 2.34. The van der Waals surface area contributed by atoms with Crippen molar-refractivity contribution in [3.05, 3.63) is 45.9 Å². The van der Waals surface area contributed by atoms with Crippen LogP contribution in [0.15, 0.2) is 29.6 Å². The van der Waals surface area contributed by atoms with Crippen molar-refractivity contribution in [2.45, 2.75) is 26.4 Å². The van der Waals surface area contributed by atoms with E-state index < -0.39 is 11.7 Å².